The van der Waals surface area contributed by atoms with Crippen molar-refractivity contribution in [1.29, 1.82) is 0 Å². The average Bonchev–Trinajstić information content (AvgIpc) is 3.02. The Morgan fingerprint density at radius 1 is 1.06 bits per heavy atom. The lowest BCUT2D eigenvalue weighted by molar-refractivity contribution is -0.126. The molecule has 31 heavy (non-hydrogen) atoms. The van der Waals surface area contributed by atoms with Crippen molar-refractivity contribution in [3.8, 4) is 5.75 Å². The molecule has 0 saturated heterocycles. The summed E-state index contributed by atoms with van der Waals surface area (Å²) in [5.74, 6) is 0.455. The van der Waals surface area contributed by atoms with E-state index < -0.39 is 6.04 Å². The fourth-order valence-corrected chi connectivity index (χ4v) is 4.11. The largest absolute Gasteiger partial charge is 0.492 e. The second kappa shape index (κ2) is 9.21. The van der Waals surface area contributed by atoms with E-state index in [0.29, 0.717) is 13.2 Å². The van der Waals surface area contributed by atoms with Gasteiger partial charge in [0.25, 0.3) is 5.91 Å². The third kappa shape index (κ3) is 4.55. The van der Waals surface area contributed by atoms with Gasteiger partial charge >= 0.3 is 0 Å². The average molecular weight is 417 g/mol. The van der Waals surface area contributed by atoms with Gasteiger partial charge in [-0.1, -0.05) is 55.8 Å². The normalized spacial score (nSPS) is 15.2. The van der Waals surface area contributed by atoms with Crippen LogP contribution in [0, 0.1) is 0 Å². The Morgan fingerprint density at radius 2 is 1.87 bits per heavy atom. The Kier molecular flexibility index (Phi) is 6.21. The van der Waals surface area contributed by atoms with Gasteiger partial charge in [0.1, 0.15) is 18.4 Å². The molecule has 1 N–H and O–H groups in total. The van der Waals surface area contributed by atoms with Crippen LogP contribution in [-0.4, -0.2) is 25.0 Å². The highest BCUT2D eigenvalue weighted by Crippen LogP contribution is 2.36. The zero-order valence-corrected chi connectivity index (χ0v) is 18.1. The van der Waals surface area contributed by atoms with E-state index in [0.717, 1.165) is 47.0 Å². The second-order valence-electron chi connectivity index (χ2n) is 7.98. The number of carbonyl (C=O) groups excluding carboxylic acids is 2. The molecule has 0 radical (unpaired) electrons. The molecule has 4 rings (SSSR count). The van der Waals surface area contributed by atoms with Crippen molar-refractivity contribution in [1.82, 2.24) is 5.32 Å². The van der Waals surface area contributed by atoms with Crippen LogP contribution < -0.4 is 15.0 Å². The van der Waals surface area contributed by atoms with Gasteiger partial charge in [-0.3, -0.25) is 9.59 Å². The van der Waals surface area contributed by atoms with Crippen molar-refractivity contribution in [2.45, 2.75) is 39.2 Å². The summed E-state index contributed by atoms with van der Waals surface area (Å²) in [7, 11) is 0. The molecule has 5 heteroatoms. The van der Waals surface area contributed by atoms with E-state index in [4.69, 9.17) is 4.74 Å². The number of anilines is 1. The Labute approximate surface area is 183 Å². The van der Waals surface area contributed by atoms with Crippen LogP contribution in [0.2, 0.25) is 0 Å². The predicted octanol–water partition coefficient (Wildman–Crippen LogP) is 4.79. The molecule has 5 nitrogen and oxygen atoms in total. The molecule has 0 aromatic heterocycles. The Bertz CT molecular complexity index is 1110. The first-order chi connectivity index (χ1) is 15.1. The molecule has 2 amide bonds. The third-order valence-electron chi connectivity index (χ3n) is 5.68. The molecule has 3 aromatic carbocycles. The fourth-order valence-electron chi connectivity index (χ4n) is 4.11. The molecule has 1 aliphatic rings. The number of benzene rings is 3. The van der Waals surface area contributed by atoms with E-state index in [1.54, 1.807) is 4.90 Å². The van der Waals surface area contributed by atoms with Crippen LogP contribution in [0.4, 0.5) is 5.69 Å². The van der Waals surface area contributed by atoms with Crippen LogP contribution in [0.25, 0.3) is 10.8 Å². The number of aryl methyl sites for hydroxylation is 1. The van der Waals surface area contributed by atoms with Crippen LogP contribution in [0.3, 0.4) is 0 Å². The molecule has 0 aliphatic carbocycles. The molecule has 1 heterocycles. The highest BCUT2D eigenvalue weighted by Gasteiger charge is 2.37. The number of ether oxygens (including phenoxy) is 1. The van der Waals surface area contributed by atoms with E-state index in [1.165, 1.54) is 12.5 Å². The van der Waals surface area contributed by atoms with Gasteiger partial charge in [-0.05, 0) is 47.4 Å². The standard InChI is InChI=1S/C26H28N2O3/c1-3-4-7-19-10-13-24-23(16-19)25(27-18(2)29)26(30)28(24)14-15-31-22-12-11-20-8-5-6-9-21(20)17-22/h5-6,8-13,16-17,25H,3-4,7,14-15H2,1-2H3,(H,27,29)/t25-/m0/s1. The van der Waals surface area contributed by atoms with Gasteiger partial charge in [-0.25, -0.2) is 0 Å². The number of hydrogen-bond acceptors (Lipinski definition) is 3. The molecular formula is C26H28N2O3. The maximum absolute atomic E-state index is 13.1. The second-order valence-corrected chi connectivity index (χ2v) is 7.98. The van der Waals surface area contributed by atoms with Gasteiger partial charge in [-0.15, -0.1) is 0 Å². The molecular weight excluding hydrogens is 388 g/mol. The maximum atomic E-state index is 13.1. The quantitative estimate of drug-likeness (QED) is 0.575. The first-order valence-corrected chi connectivity index (χ1v) is 10.9. The van der Waals surface area contributed by atoms with Crippen LogP contribution >= 0.6 is 0 Å². The fraction of sp³-hybridized carbons (Fsp3) is 0.308. The van der Waals surface area contributed by atoms with Gasteiger partial charge in [0.15, 0.2) is 0 Å². The van der Waals surface area contributed by atoms with Gasteiger partial charge in [0.2, 0.25) is 5.91 Å². The van der Waals surface area contributed by atoms with Gasteiger partial charge < -0.3 is 15.0 Å². The number of amides is 2. The van der Waals surface area contributed by atoms with Gasteiger partial charge in [0, 0.05) is 18.2 Å². The topological polar surface area (TPSA) is 58.6 Å². The summed E-state index contributed by atoms with van der Waals surface area (Å²) in [6.07, 6.45) is 3.18. The highest BCUT2D eigenvalue weighted by molar-refractivity contribution is 6.06. The summed E-state index contributed by atoms with van der Waals surface area (Å²) in [5.41, 5.74) is 2.92. The first kappa shape index (κ1) is 20.9. The summed E-state index contributed by atoms with van der Waals surface area (Å²) in [6, 6.07) is 19.6. The number of carbonyl (C=O) groups is 2. The smallest absolute Gasteiger partial charge is 0.254 e. The predicted molar refractivity (Wildman–Crippen MR) is 123 cm³/mol. The molecule has 1 atom stereocenters. The number of nitrogens with zero attached hydrogens (tertiary/aromatic N) is 1. The van der Waals surface area contributed by atoms with Crippen LogP contribution in [-0.2, 0) is 16.0 Å². The summed E-state index contributed by atoms with van der Waals surface area (Å²) < 4.78 is 5.95. The van der Waals surface area contributed by atoms with E-state index in [2.05, 4.69) is 36.5 Å². The van der Waals surface area contributed by atoms with Crippen LogP contribution in [0.15, 0.2) is 60.7 Å². The summed E-state index contributed by atoms with van der Waals surface area (Å²) in [4.78, 5) is 26.5. The third-order valence-corrected chi connectivity index (χ3v) is 5.68. The van der Waals surface area contributed by atoms with Crippen LogP contribution in [0.1, 0.15) is 43.9 Å². The van der Waals surface area contributed by atoms with Crippen molar-refractivity contribution in [2.24, 2.45) is 0 Å². The molecule has 0 bridgehead atoms. The Balaban J connectivity index is 1.49. The number of nitrogens with one attached hydrogen (secondary N) is 1. The SMILES string of the molecule is CCCCc1ccc2c(c1)[C@H](NC(C)=O)C(=O)N2CCOc1ccc2ccccc2c1. The molecule has 0 spiro atoms. The highest BCUT2D eigenvalue weighted by atomic mass is 16.5. The van der Waals surface area contributed by atoms with Crippen molar-refractivity contribution >= 4 is 28.3 Å². The minimum Gasteiger partial charge on any atom is -0.492 e. The van der Waals surface area contributed by atoms with Crippen molar-refractivity contribution < 1.29 is 14.3 Å². The van der Waals surface area contributed by atoms with Crippen molar-refractivity contribution in [2.75, 3.05) is 18.1 Å². The van der Waals surface area contributed by atoms with Crippen LogP contribution in [0.5, 0.6) is 5.75 Å². The van der Waals surface area contributed by atoms with E-state index in [-0.39, 0.29) is 11.8 Å². The summed E-state index contributed by atoms with van der Waals surface area (Å²) >= 11 is 0. The lowest BCUT2D eigenvalue weighted by Crippen LogP contribution is -2.38. The molecule has 3 aromatic rings. The monoisotopic (exact) mass is 416 g/mol. The minimum atomic E-state index is -0.630. The molecule has 0 saturated carbocycles. The zero-order valence-electron chi connectivity index (χ0n) is 18.1. The molecule has 0 unspecified atom stereocenters. The maximum Gasteiger partial charge on any atom is 0.254 e. The Hall–Kier alpha value is -3.34. The van der Waals surface area contributed by atoms with Crippen molar-refractivity contribution in [3.63, 3.8) is 0 Å². The van der Waals surface area contributed by atoms with E-state index in [1.807, 2.05) is 36.4 Å². The lowest BCUT2D eigenvalue weighted by atomic mass is 10.0. The lowest BCUT2D eigenvalue weighted by Gasteiger charge is -2.18. The summed E-state index contributed by atoms with van der Waals surface area (Å²) in [5, 5.41) is 5.10. The molecule has 160 valence electrons. The Morgan fingerprint density at radius 3 is 2.65 bits per heavy atom. The number of unbranched alkanes of at least 4 members (excludes halogenated alkanes) is 1. The summed E-state index contributed by atoms with van der Waals surface area (Å²) in [6.45, 7) is 4.39. The molecule has 1 aliphatic heterocycles. The number of fused-ring (bicyclic) bond motifs is 2. The first-order valence-electron chi connectivity index (χ1n) is 10.9. The zero-order chi connectivity index (χ0) is 21.8. The van der Waals surface area contributed by atoms with Gasteiger partial charge in [0.05, 0.1) is 6.54 Å². The van der Waals surface area contributed by atoms with Crippen molar-refractivity contribution in [3.05, 3.63) is 71.8 Å². The molecule has 0 fully saturated rings. The number of hydrogen-bond donors (Lipinski definition) is 1. The minimum absolute atomic E-state index is 0.111. The van der Waals surface area contributed by atoms with E-state index in [9.17, 15) is 9.59 Å². The number of rotatable bonds is 8. The van der Waals surface area contributed by atoms with Gasteiger partial charge in [-0.2, -0.15) is 0 Å². The van der Waals surface area contributed by atoms with E-state index >= 15 is 0 Å².